The van der Waals surface area contributed by atoms with E-state index in [0.717, 1.165) is 0 Å². The molecule has 0 spiro atoms. The zero-order chi connectivity index (χ0) is 13.0. The average molecular weight is 251 g/mol. The summed E-state index contributed by atoms with van der Waals surface area (Å²) in [4.78, 5) is 27.5. The van der Waals surface area contributed by atoms with E-state index in [1.165, 1.54) is 12.3 Å². The largest absolute Gasteiger partial charge is 0.477 e. The van der Waals surface area contributed by atoms with Gasteiger partial charge in [-0.05, 0) is 6.92 Å². The van der Waals surface area contributed by atoms with Crippen molar-refractivity contribution in [2.24, 2.45) is 0 Å². The molecule has 0 saturated heterocycles. The van der Waals surface area contributed by atoms with Crippen LogP contribution in [0.3, 0.4) is 0 Å². The molecule has 2 aromatic heterocycles. The summed E-state index contributed by atoms with van der Waals surface area (Å²) in [5, 5.41) is 9.01. The minimum absolute atomic E-state index is 0.223. The highest BCUT2D eigenvalue weighted by Crippen LogP contribution is 2.07. The van der Waals surface area contributed by atoms with Crippen LogP contribution in [0.15, 0.2) is 17.1 Å². The summed E-state index contributed by atoms with van der Waals surface area (Å²) in [6.07, 6.45) is 1.50. The van der Waals surface area contributed by atoms with Crippen LogP contribution >= 0.6 is 0 Å². The van der Waals surface area contributed by atoms with Crippen LogP contribution in [0.2, 0.25) is 0 Å². The van der Waals surface area contributed by atoms with Crippen molar-refractivity contribution in [2.75, 3.05) is 6.61 Å². The highest BCUT2D eigenvalue weighted by molar-refractivity contribution is 5.92. The van der Waals surface area contributed by atoms with Gasteiger partial charge < -0.3 is 20.0 Å². The first kappa shape index (κ1) is 12.0. The van der Waals surface area contributed by atoms with Gasteiger partial charge in [-0.25, -0.2) is 4.79 Å². The van der Waals surface area contributed by atoms with E-state index in [1.54, 1.807) is 0 Å². The second-order valence-corrected chi connectivity index (χ2v) is 3.50. The molecule has 0 aromatic carbocycles. The molecule has 0 aliphatic carbocycles. The zero-order valence-corrected chi connectivity index (χ0v) is 9.74. The molecule has 18 heavy (non-hydrogen) atoms. The Bertz CT molecular complexity index is 582. The predicted molar refractivity (Wildman–Crippen MR) is 62.3 cm³/mol. The third-order valence-corrected chi connectivity index (χ3v) is 2.18. The lowest BCUT2D eigenvalue weighted by Gasteiger charge is -2.00. The van der Waals surface area contributed by atoms with E-state index < -0.39 is 0 Å². The maximum atomic E-state index is 11.7. The number of nitrogens with zero attached hydrogens (tertiary/aromatic N) is 1. The van der Waals surface area contributed by atoms with Crippen LogP contribution in [0, 0.1) is 0 Å². The Morgan fingerprint density at radius 2 is 2.39 bits per heavy atom. The van der Waals surface area contributed by atoms with Crippen LogP contribution in [0.5, 0.6) is 5.88 Å². The number of amides is 1. The first-order chi connectivity index (χ1) is 8.69. The molecule has 1 amide bonds. The molecule has 0 unspecified atom stereocenters. The molecule has 8 nitrogen and oxygen atoms in total. The molecule has 0 saturated carbocycles. The Kier molecular flexibility index (Phi) is 3.46. The van der Waals surface area contributed by atoms with Gasteiger partial charge in [0.2, 0.25) is 5.88 Å². The maximum absolute atomic E-state index is 11.7. The van der Waals surface area contributed by atoms with Crippen molar-refractivity contribution < 1.29 is 9.53 Å². The Morgan fingerprint density at radius 3 is 3.06 bits per heavy atom. The molecule has 0 aliphatic heterocycles. The third-order valence-electron chi connectivity index (χ3n) is 2.18. The first-order valence-electron chi connectivity index (χ1n) is 5.42. The molecule has 0 aliphatic rings. The minimum Gasteiger partial charge on any atom is -0.477 e. The highest BCUT2D eigenvalue weighted by atomic mass is 16.5. The van der Waals surface area contributed by atoms with Crippen LogP contribution in [0.25, 0.3) is 0 Å². The number of carbonyl (C=O) groups is 1. The predicted octanol–water partition coefficient (Wildman–Crippen LogP) is -0.245. The fourth-order valence-electron chi connectivity index (χ4n) is 1.38. The van der Waals surface area contributed by atoms with Crippen molar-refractivity contribution in [2.45, 2.75) is 13.5 Å². The highest BCUT2D eigenvalue weighted by Gasteiger charge is 2.10. The monoisotopic (exact) mass is 251 g/mol. The number of hydrogen-bond donors (Lipinski definition) is 4. The molecular formula is C10H13N5O3. The number of hydrogen-bond acceptors (Lipinski definition) is 4. The number of H-pyrrole nitrogens is 3. The molecule has 0 radical (unpaired) electrons. The van der Waals surface area contributed by atoms with Crippen LogP contribution in [-0.4, -0.2) is 32.7 Å². The first-order valence-corrected chi connectivity index (χ1v) is 5.42. The molecule has 4 N–H and O–H groups in total. The smallest absolute Gasteiger partial charge is 0.323 e. The molecule has 2 heterocycles. The van der Waals surface area contributed by atoms with Crippen molar-refractivity contribution in [3.63, 3.8) is 0 Å². The van der Waals surface area contributed by atoms with Crippen LogP contribution in [-0.2, 0) is 6.54 Å². The van der Waals surface area contributed by atoms with Gasteiger partial charge >= 0.3 is 5.69 Å². The molecule has 2 rings (SSSR count). The lowest BCUT2D eigenvalue weighted by molar-refractivity contribution is 0.0945. The van der Waals surface area contributed by atoms with Gasteiger partial charge in [0.1, 0.15) is 5.69 Å². The number of aromatic nitrogens is 4. The number of carbonyl (C=O) groups excluding carboxylic acids is 1. The molecule has 0 atom stereocenters. The second kappa shape index (κ2) is 5.21. The summed E-state index contributed by atoms with van der Waals surface area (Å²) >= 11 is 0. The van der Waals surface area contributed by atoms with Gasteiger partial charge in [0.15, 0.2) is 0 Å². The Morgan fingerprint density at radius 1 is 1.56 bits per heavy atom. The SMILES string of the molecule is CCOc1cc(C(=O)NCc2c[nH]c(=O)[nH]2)[nH]n1. The van der Waals surface area contributed by atoms with Gasteiger partial charge in [-0.3, -0.25) is 9.89 Å². The molecule has 2 aromatic rings. The van der Waals surface area contributed by atoms with Crippen LogP contribution < -0.4 is 15.7 Å². The number of rotatable bonds is 5. The normalized spacial score (nSPS) is 10.3. The minimum atomic E-state index is -0.324. The Hall–Kier alpha value is -2.51. The van der Waals surface area contributed by atoms with Crippen molar-refractivity contribution >= 4 is 5.91 Å². The van der Waals surface area contributed by atoms with Crippen molar-refractivity contribution in [3.8, 4) is 5.88 Å². The maximum Gasteiger partial charge on any atom is 0.323 e. The number of aromatic amines is 3. The van der Waals surface area contributed by atoms with Crippen molar-refractivity contribution in [1.82, 2.24) is 25.5 Å². The zero-order valence-electron chi connectivity index (χ0n) is 9.74. The number of ether oxygens (including phenoxy) is 1. The average Bonchev–Trinajstić information content (AvgIpc) is 2.96. The number of nitrogens with one attached hydrogen (secondary N) is 4. The van der Waals surface area contributed by atoms with E-state index in [9.17, 15) is 9.59 Å². The quantitative estimate of drug-likeness (QED) is 0.586. The van der Waals surface area contributed by atoms with E-state index in [2.05, 4.69) is 25.5 Å². The molecule has 96 valence electrons. The summed E-state index contributed by atoms with van der Waals surface area (Å²) < 4.78 is 5.13. The fourth-order valence-corrected chi connectivity index (χ4v) is 1.38. The van der Waals surface area contributed by atoms with Gasteiger partial charge in [-0.1, -0.05) is 0 Å². The number of imidazole rings is 1. The van der Waals surface area contributed by atoms with E-state index in [1.807, 2.05) is 6.92 Å². The molecular weight excluding hydrogens is 238 g/mol. The van der Waals surface area contributed by atoms with Crippen molar-refractivity contribution in [1.29, 1.82) is 0 Å². The van der Waals surface area contributed by atoms with Gasteiger partial charge in [0.05, 0.1) is 18.8 Å². The van der Waals surface area contributed by atoms with E-state index in [-0.39, 0.29) is 18.1 Å². The van der Waals surface area contributed by atoms with Crippen molar-refractivity contribution in [3.05, 3.63) is 34.1 Å². The molecule has 8 heteroatoms. The summed E-state index contributed by atoms with van der Waals surface area (Å²) in [5.74, 6) is 0.0493. The lowest BCUT2D eigenvalue weighted by Crippen LogP contribution is -2.23. The summed E-state index contributed by atoms with van der Waals surface area (Å²) in [5.41, 5.74) is 0.591. The van der Waals surface area contributed by atoms with E-state index in [4.69, 9.17) is 4.74 Å². The van der Waals surface area contributed by atoms with Gasteiger partial charge in [0.25, 0.3) is 5.91 Å². The standard InChI is InChI=1S/C10H13N5O3/c1-2-18-8-3-7(14-15-8)9(16)11-4-6-5-12-10(17)13-6/h3,5H,2,4H2,1H3,(H,11,16)(H,14,15)(H2,12,13,17). The third kappa shape index (κ3) is 2.78. The topological polar surface area (TPSA) is 116 Å². The van der Waals surface area contributed by atoms with Gasteiger partial charge in [-0.2, -0.15) is 0 Å². The van der Waals surface area contributed by atoms with Gasteiger partial charge in [-0.15, -0.1) is 5.10 Å². The van der Waals surface area contributed by atoms with E-state index >= 15 is 0 Å². The Labute approximate surface area is 102 Å². The lowest BCUT2D eigenvalue weighted by atomic mass is 10.4. The summed E-state index contributed by atoms with van der Waals surface area (Å²) in [6.45, 7) is 2.54. The summed E-state index contributed by atoms with van der Waals surface area (Å²) in [7, 11) is 0. The second-order valence-electron chi connectivity index (χ2n) is 3.50. The van der Waals surface area contributed by atoms with Crippen LogP contribution in [0.4, 0.5) is 0 Å². The van der Waals surface area contributed by atoms with E-state index in [0.29, 0.717) is 23.9 Å². The molecule has 0 fully saturated rings. The summed E-state index contributed by atoms with van der Waals surface area (Å²) in [6, 6.07) is 1.51. The fraction of sp³-hybridized carbons (Fsp3) is 0.300. The van der Waals surface area contributed by atoms with Gasteiger partial charge in [0, 0.05) is 12.3 Å². The van der Waals surface area contributed by atoms with Crippen LogP contribution in [0.1, 0.15) is 23.1 Å². The Balaban J connectivity index is 1.92. The molecule has 0 bridgehead atoms.